The number of rotatable bonds is 12. The molecule has 0 spiro atoms. The summed E-state index contributed by atoms with van der Waals surface area (Å²) in [5.74, 6) is 0.659. The summed E-state index contributed by atoms with van der Waals surface area (Å²) < 4.78 is 11.6. The van der Waals surface area contributed by atoms with E-state index in [0.717, 1.165) is 33.8 Å². The van der Waals surface area contributed by atoms with Gasteiger partial charge in [-0.3, -0.25) is 4.79 Å². The third kappa shape index (κ3) is 7.73. The average Bonchev–Trinajstić information content (AvgIpc) is 2.91. The Labute approximate surface area is 206 Å². The molecule has 0 aromatic heterocycles. The van der Waals surface area contributed by atoms with Gasteiger partial charge in [0.2, 0.25) is 0 Å². The third-order valence-corrected chi connectivity index (χ3v) is 5.63. The maximum Gasteiger partial charge on any atom is 0.321 e. The Balaban J connectivity index is 1.25. The lowest BCUT2D eigenvalue weighted by atomic mass is 10.1. The van der Waals surface area contributed by atoms with Crippen LogP contribution in [0.15, 0.2) is 109 Å². The van der Waals surface area contributed by atoms with Crippen molar-refractivity contribution in [3.8, 4) is 11.5 Å². The largest absolute Gasteiger partial charge is 0.489 e. The van der Waals surface area contributed by atoms with Crippen LogP contribution in [0, 0.1) is 0 Å². The van der Waals surface area contributed by atoms with E-state index in [4.69, 9.17) is 9.47 Å². The summed E-state index contributed by atoms with van der Waals surface area (Å²) in [4.78, 5) is 11.8. The first kappa shape index (κ1) is 24.0. The molecule has 0 radical (unpaired) electrons. The Morgan fingerprint density at radius 2 is 1.09 bits per heavy atom. The van der Waals surface area contributed by atoms with Crippen molar-refractivity contribution >= 4 is 5.97 Å². The molecule has 0 saturated carbocycles. The van der Waals surface area contributed by atoms with Gasteiger partial charge in [-0.15, -0.1) is 0 Å². The van der Waals surface area contributed by atoms with Crippen molar-refractivity contribution in [3.63, 3.8) is 0 Å². The molecule has 0 aliphatic heterocycles. The second-order valence-electron chi connectivity index (χ2n) is 8.31. The number of aliphatic carboxylic acids is 1. The van der Waals surface area contributed by atoms with E-state index in [1.54, 1.807) is 0 Å². The van der Waals surface area contributed by atoms with Crippen LogP contribution in [0.5, 0.6) is 11.5 Å². The molecule has 0 amide bonds. The summed E-state index contributed by atoms with van der Waals surface area (Å²) in [7, 11) is 0. The maximum absolute atomic E-state index is 11.8. The minimum absolute atomic E-state index is 0.382. The van der Waals surface area contributed by atoms with E-state index >= 15 is 0 Å². The predicted molar refractivity (Wildman–Crippen MR) is 136 cm³/mol. The highest BCUT2D eigenvalue weighted by Crippen LogP contribution is 2.17. The molecule has 178 valence electrons. The molecule has 4 aromatic rings. The molecular formula is C30H29NO4. The highest BCUT2D eigenvalue weighted by Gasteiger charge is 2.17. The van der Waals surface area contributed by atoms with Gasteiger partial charge in [0.15, 0.2) is 0 Å². The molecule has 0 bridgehead atoms. The summed E-state index contributed by atoms with van der Waals surface area (Å²) in [6, 6.07) is 34.6. The van der Waals surface area contributed by atoms with Crippen molar-refractivity contribution in [2.75, 3.05) is 0 Å². The Morgan fingerprint density at radius 1 is 0.629 bits per heavy atom. The molecule has 0 fully saturated rings. The molecule has 4 aromatic carbocycles. The van der Waals surface area contributed by atoms with Crippen LogP contribution in [-0.2, 0) is 31.0 Å². The summed E-state index contributed by atoms with van der Waals surface area (Å²) >= 11 is 0. The fourth-order valence-electron chi connectivity index (χ4n) is 3.63. The van der Waals surface area contributed by atoms with Crippen LogP contribution in [0.1, 0.15) is 22.3 Å². The molecule has 0 aliphatic carbocycles. The zero-order valence-electron chi connectivity index (χ0n) is 19.5. The number of carbonyl (C=O) groups is 1. The van der Waals surface area contributed by atoms with Crippen LogP contribution in [0.25, 0.3) is 0 Å². The number of hydrogen-bond donors (Lipinski definition) is 2. The molecule has 0 aliphatic rings. The lowest BCUT2D eigenvalue weighted by Gasteiger charge is -2.15. The Bertz CT molecular complexity index is 1180. The smallest absolute Gasteiger partial charge is 0.321 e. The van der Waals surface area contributed by atoms with E-state index in [2.05, 4.69) is 5.32 Å². The van der Waals surface area contributed by atoms with Gasteiger partial charge in [-0.05, 0) is 52.9 Å². The zero-order valence-corrected chi connectivity index (χ0v) is 19.5. The molecular weight excluding hydrogens is 438 g/mol. The predicted octanol–water partition coefficient (Wildman–Crippen LogP) is 5.63. The summed E-state index contributed by atoms with van der Waals surface area (Å²) in [6.07, 6.45) is 0.382. The maximum atomic E-state index is 11.8. The van der Waals surface area contributed by atoms with Gasteiger partial charge in [-0.25, -0.2) is 0 Å². The van der Waals surface area contributed by atoms with Crippen LogP contribution in [0.2, 0.25) is 0 Å². The van der Waals surface area contributed by atoms with Crippen LogP contribution < -0.4 is 14.8 Å². The van der Waals surface area contributed by atoms with E-state index in [9.17, 15) is 9.90 Å². The number of nitrogens with one attached hydrogen (secondary N) is 1. The van der Waals surface area contributed by atoms with E-state index in [1.165, 1.54) is 0 Å². The fourth-order valence-corrected chi connectivity index (χ4v) is 3.63. The number of hydrogen-bond acceptors (Lipinski definition) is 4. The van der Waals surface area contributed by atoms with Gasteiger partial charge in [0.1, 0.15) is 30.8 Å². The lowest BCUT2D eigenvalue weighted by molar-refractivity contribution is -0.139. The second-order valence-corrected chi connectivity index (χ2v) is 8.31. The quantitative estimate of drug-likeness (QED) is 0.283. The van der Waals surface area contributed by atoms with Crippen LogP contribution >= 0.6 is 0 Å². The first-order valence-electron chi connectivity index (χ1n) is 11.6. The highest BCUT2D eigenvalue weighted by molar-refractivity contribution is 5.74. The van der Waals surface area contributed by atoms with E-state index in [-0.39, 0.29) is 0 Å². The molecule has 1 atom stereocenters. The highest BCUT2D eigenvalue weighted by atomic mass is 16.5. The second kappa shape index (κ2) is 12.4. The van der Waals surface area contributed by atoms with Gasteiger partial charge in [0, 0.05) is 6.54 Å². The van der Waals surface area contributed by atoms with E-state index in [0.29, 0.717) is 26.2 Å². The molecule has 0 heterocycles. The van der Waals surface area contributed by atoms with Crippen LogP contribution in [0.4, 0.5) is 0 Å². The molecule has 2 N–H and O–H groups in total. The van der Waals surface area contributed by atoms with Gasteiger partial charge in [-0.2, -0.15) is 0 Å². The number of carboxylic acids is 1. The van der Waals surface area contributed by atoms with Gasteiger partial charge in [0.05, 0.1) is 0 Å². The number of carboxylic acid groups (broad SMARTS) is 1. The van der Waals surface area contributed by atoms with Crippen LogP contribution in [-0.4, -0.2) is 17.1 Å². The minimum atomic E-state index is -0.878. The van der Waals surface area contributed by atoms with Gasteiger partial charge < -0.3 is 19.9 Å². The summed E-state index contributed by atoms with van der Waals surface area (Å²) in [5.41, 5.74) is 4.13. The van der Waals surface area contributed by atoms with Gasteiger partial charge in [0.25, 0.3) is 0 Å². The van der Waals surface area contributed by atoms with Crippen molar-refractivity contribution in [2.24, 2.45) is 0 Å². The van der Waals surface area contributed by atoms with Crippen molar-refractivity contribution in [3.05, 3.63) is 131 Å². The monoisotopic (exact) mass is 467 g/mol. The molecule has 1 unspecified atom stereocenters. The molecule has 5 nitrogen and oxygen atoms in total. The Morgan fingerprint density at radius 3 is 1.54 bits per heavy atom. The standard InChI is InChI=1S/C30H29NO4/c32-30(33)29(19-23-11-15-27(16-12-23)34-21-25-7-3-1-4-8-25)31-20-24-13-17-28(18-14-24)35-22-26-9-5-2-6-10-26/h1-18,29,31H,19-22H2,(H,32,33). The molecule has 35 heavy (non-hydrogen) atoms. The Kier molecular flexibility index (Phi) is 8.52. The van der Waals surface area contributed by atoms with Crippen molar-refractivity contribution in [2.45, 2.75) is 32.2 Å². The fraction of sp³-hybridized carbons (Fsp3) is 0.167. The summed E-state index contributed by atoms with van der Waals surface area (Å²) in [6.45, 7) is 1.46. The van der Waals surface area contributed by atoms with E-state index < -0.39 is 12.0 Å². The van der Waals surface area contributed by atoms with Crippen LogP contribution in [0.3, 0.4) is 0 Å². The minimum Gasteiger partial charge on any atom is -0.489 e. The first-order chi connectivity index (χ1) is 17.2. The lowest BCUT2D eigenvalue weighted by Crippen LogP contribution is -2.38. The number of ether oxygens (including phenoxy) is 2. The summed E-state index contributed by atoms with van der Waals surface area (Å²) in [5, 5.41) is 12.8. The normalized spacial score (nSPS) is 11.5. The molecule has 0 saturated heterocycles. The van der Waals surface area contributed by atoms with Crippen molar-refractivity contribution in [1.82, 2.24) is 5.32 Å². The van der Waals surface area contributed by atoms with Crippen molar-refractivity contribution in [1.29, 1.82) is 0 Å². The number of benzene rings is 4. The Hall–Kier alpha value is -4.09. The van der Waals surface area contributed by atoms with Gasteiger partial charge >= 0.3 is 5.97 Å². The first-order valence-corrected chi connectivity index (χ1v) is 11.6. The molecule has 5 heteroatoms. The third-order valence-electron chi connectivity index (χ3n) is 5.63. The van der Waals surface area contributed by atoms with Crippen molar-refractivity contribution < 1.29 is 19.4 Å². The topological polar surface area (TPSA) is 67.8 Å². The average molecular weight is 468 g/mol. The van der Waals surface area contributed by atoms with Gasteiger partial charge in [-0.1, -0.05) is 84.9 Å². The molecule has 4 rings (SSSR count). The SMILES string of the molecule is O=C(O)C(Cc1ccc(OCc2ccccc2)cc1)NCc1ccc(OCc2ccccc2)cc1. The van der Waals surface area contributed by atoms with E-state index in [1.807, 2.05) is 109 Å². The zero-order chi connectivity index (χ0) is 24.3.